The molecule has 1 amide bonds. The Morgan fingerprint density at radius 3 is 2.30 bits per heavy atom. The molecule has 33 heavy (non-hydrogen) atoms. The van der Waals surface area contributed by atoms with Crippen molar-refractivity contribution in [3.63, 3.8) is 0 Å². The van der Waals surface area contributed by atoms with Crippen LogP contribution in [-0.2, 0) is 9.53 Å². The van der Waals surface area contributed by atoms with Gasteiger partial charge in [-0.15, -0.1) is 0 Å². The molecule has 3 aliphatic rings. The molecule has 1 saturated carbocycles. The molecule has 0 bridgehead atoms. The van der Waals surface area contributed by atoms with Gasteiger partial charge in [-0.05, 0) is 70.3 Å². The Kier molecular flexibility index (Phi) is 8.52. The van der Waals surface area contributed by atoms with Crippen LogP contribution in [0, 0.1) is 29.3 Å². The molecule has 3 fully saturated rings. The third-order valence-corrected chi connectivity index (χ3v) is 7.44. The number of ether oxygens (including phenoxy) is 2. The number of nitrogens with one attached hydrogen (secondary N) is 1. The van der Waals surface area contributed by atoms with Crippen LogP contribution < -0.4 is 10.1 Å². The lowest BCUT2D eigenvalue weighted by molar-refractivity contribution is -0.128. The highest BCUT2D eigenvalue weighted by atomic mass is 19.2. The van der Waals surface area contributed by atoms with Crippen LogP contribution in [0.15, 0.2) is 12.1 Å². The Balaban J connectivity index is 1.11. The van der Waals surface area contributed by atoms with E-state index in [0.717, 1.165) is 83.5 Å². The number of piperidine rings is 1. The molecule has 0 atom stereocenters. The first-order valence-electron chi connectivity index (χ1n) is 12.4. The van der Waals surface area contributed by atoms with Gasteiger partial charge in [-0.25, -0.2) is 13.2 Å². The first-order valence-corrected chi connectivity index (χ1v) is 12.4. The Morgan fingerprint density at radius 2 is 1.61 bits per heavy atom. The maximum Gasteiger partial charge on any atom is 0.223 e. The zero-order valence-corrected chi connectivity index (χ0v) is 19.2. The predicted molar refractivity (Wildman–Crippen MR) is 118 cm³/mol. The van der Waals surface area contributed by atoms with Gasteiger partial charge in [0.25, 0.3) is 0 Å². The summed E-state index contributed by atoms with van der Waals surface area (Å²) in [7, 11) is 0. The zero-order chi connectivity index (χ0) is 23.2. The van der Waals surface area contributed by atoms with Gasteiger partial charge < -0.3 is 19.7 Å². The summed E-state index contributed by atoms with van der Waals surface area (Å²) in [4.78, 5) is 14.8. The number of carbonyl (C=O) groups excluding carboxylic acids is 1. The second-order valence-electron chi connectivity index (χ2n) is 9.76. The molecule has 2 saturated heterocycles. The first kappa shape index (κ1) is 24.3. The number of likely N-dealkylation sites (tertiary alicyclic amines) is 1. The van der Waals surface area contributed by atoms with Gasteiger partial charge in [0, 0.05) is 50.4 Å². The molecule has 1 aromatic rings. The largest absolute Gasteiger partial charge is 0.487 e. The van der Waals surface area contributed by atoms with E-state index in [-0.39, 0.29) is 23.7 Å². The summed E-state index contributed by atoms with van der Waals surface area (Å²) in [5, 5.41) is 3.26. The molecule has 184 valence electrons. The first-order chi connectivity index (χ1) is 16.0. The standard InChI is InChI=1S/C25H35F3N2O3/c26-21-15-23(28)24(16-22(21)27)33-20-6-11-30(12-7-20)10-5-17-1-3-19(4-2-17)29-25(31)18-8-13-32-14-9-18/h15-20H,1-14H2,(H,29,31). The lowest BCUT2D eigenvalue weighted by Gasteiger charge is -2.35. The molecule has 1 N–H and O–H groups in total. The summed E-state index contributed by atoms with van der Waals surface area (Å²) >= 11 is 0. The van der Waals surface area contributed by atoms with Gasteiger partial charge in [-0.2, -0.15) is 0 Å². The van der Waals surface area contributed by atoms with Gasteiger partial charge in [-0.1, -0.05) is 0 Å². The Bertz CT molecular complexity index is 787. The molecule has 0 radical (unpaired) electrons. The third kappa shape index (κ3) is 6.85. The molecule has 1 aromatic carbocycles. The molecule has 8 heteroatoms. The molecule has 2 aliphatic heterocycles. The van der Waals surface area contributed by atoms with E-state index < -0.39 is 17.5 Å². The number of carbonyl (C=O) groups is 1. The monoisotopic (exact) mass is 468 g/mol. The van der Waals surface area contributed by atoms with E-state index in [0.29, 0.717) is 31.2 Å². The van der Waals surface area contributed by atoms with Crippen molar-refractivity contribution < 1.29 is 27.4 Å². The van der Waals surface area contributed by atoms with Crippen molar-refractivity contribution in [2.75, 3.05) is 32.8 Å². The molecule has 4 rings (SSSR count). The third-order valence-electron chi connectivity index (χ3n) is 7.44. The van der Waals surface area contributed by atoms with Crippen LogP contribution in [0.5, 0.6) is 5.75 Å². The molecule has 1 aliphatic carbocycles. The summed E-state index contributed by atoms with van der Waals surface area (Å²) in [5.41, 5.74) is 0. The predicted octanol–water partition coefficient (Wildman–Crippen LogP) is 4.44. The fourth-order valence-electron chi connectivity index (χ4n) is 5.26. The maximum absolute atomic E-state index is 13.8. The van der Waals surface area contributed by atoms with E-state index >= 15 is 0 Å². The van der Waals surface area contributed by atoms with Crippen molar-refractivity contribution in [3.8, 4) is 5.75 Å². The summed E-state index contributed by atoms with van der Waals surface area (Å²) in [6, 6.07) is 1.63. The molecular formula is C25H35F3N2O3. The Morgan fingerprint density at radius 1 is 0.939 bits per heavy atom. The number of amides is 1. The highest BCUT2D eigenvalue weighted by molar-refractivity contribution is 5.79. The van der Waals surface area contributed by atoms with E-state index in [1.165, 1.54) is 0 Å². The number of hydrogen-bond acceptors (Lipinski definition) is 4. The van der Waals surface area contributed by atoms with E-state index in [9.17, 15) is 18.0 Å². The highest BCUT2D eigenvalue weighted by Crippen LogP contribution is 2.29. The lowest BCUT2D eigenvalue weighted by atomic mass is 9.83. The smallest absolute Gasteiger partial charge is 0.223 e. The van der Waals surface area contributed by atoms with Gasteiger partial charge in [-0.3, -0.25) is 4.79 Å². The van der Waals surface area contributed by atoms with Gasteiger partial charge in [0.05, 0.1) is 0 Å². The molecule has 0 unspecified atom stereocenters. The minimum absolute atomic E-state index is 0.113. The normalized spacial score (nSPS) is 25.7. The van der Waals surface area contributed by atoms with Crippen molar-refractivity contribution in [1.82, 2.24) is 10.2 Å². The van der Waals surface area contributed by atoms with E-state index in [4.69, 9.17) is 9.47 Å². The molecule has 2 heterocycles. The van der Waals surface area contributed by atoms with Crippen molar-refractivity contribution >= 4 is 5.91 Å². The van der Waals surface area contributed by atoms with E-state index in [1.807, 2.05) is 0 Å². The summed E-state index contributed by atoms with van der Waals surface area (Å²) in [5.74, 6) is -2.38. The Labute approximate surface area is 194 Å². The topological polar surface area (TPSA) is 50.8 Å². The van der Waals surface area contributed by atoms with E-state index in [2.05, 4.69) is 10.2 Å². The number of nitrogens with zero attached hydrogens (tertiary/aromatic N) is 1. The number of benzene rings is 1. The van der Waals surface area contributed by atoms with Crippen LogP contribution in [0.1, 0.15) is 57.8 Å². The summed E-state index contributed by atoms with van der Waals surface area (Å²) < 4.78 is 51.2. The average Bonchev–Trinajstić information content (AvgIpc) is 2.83. The fraction of sp³-hybridized carbons (Fsp3) is 0.720. The quantitative estimate of drug-likeness (QED) is 0.602. The number of rotatable bonds is 7. The van der Waals surface area contributed by atoms with Gasteiger partial charge in [0.15, 0.2) is 23.2 Å². The van der Waals surface area contributed by atoms with Gasteiger partial charge >= 0.3 is 0 Å². The van der Waals surface area contributed by atoms with Gasteiger partial charge in [0.2, 0.25) is 5.91 Å². The molecule has 0 spiro atoms. The molecule has 0 aromatic heterocycles. The van der Waals surface area contributed by atoms with Crippen LogP contribution in [0.25, 0.3) is 0 Å². The number of hydrogen-bond donors (Lipinski definition) is 1. The van der Waals surface area contributed by atoms with Crippen molar-refractivity contribution in [2.45, 2.75) is 69.9 Å². The zero-order valence-electron chi connectivity index (χ0n) is 19.2. The van der Waals surface area contributed by atoms with Crippen LogP contribution >= 0.6 is 0 Å². The highest BCUT2D eigenvalue weighted by Gasteiger charge is 2.28. The SMILES string of the molecule is O=C(NC1CCC(CCN2CCC(Oc3cc(F)c(F)cc3F)CC2)CC1)C1CCOCC1. The summed E-state index contributed by atoms with van der Waals surface area (Å²) in [6.07, 6.45) is 8.50. The van der Waals surface area contributed by atoms with Crippen LogP contribution in [0.2, 0.25) is 0 Å². The minimum Gasteiger partial charge on any atom is -0.487 e. The van der Waals surface area contributed by atoms with Crippen molar-refractivity contribution in [3.05, 3.63) is 29.6 Å². The second-order valence-corrected chi connectivity index (χ2v) is 9.76. The van der Waals surface area contributed by atoms with Crippen molar-refractivity contribution in [1.29, 1.82) is 0 Å². The van der Waals surface area contributed by atoms with E-state index in [1.54, 1.807) is 0 Å². The minimum atomic E-state index is -1.20. The average molecular weight is 469 g/mol. The summed E-state index contributed by atoms with van der Waals surface area (Å²) in [6.45, 7) is 4.11. The maximum atomic E-state index is 13.8. The molecule has 5 nitrogen and oxygen atoms in total. The van der Waals surface area contributed by atoms with Crippen LogP contribution in [-0.4, -0.2) is 55.8 Å². The fourth-order valence-corrected chi connectivity index (χ4v) is 5.26. The second kappa shape index (κ2) is 11.6. The van der Waals surface area contributed by atoms with Crippen LogP contribution in [0.3, 0.4) is 0 Å². The van der Waals surface area contributed by atoms with Crippen molar-refractivity contribution in [2.24, 2.45) is 11.8 Å². The Hall–Kier alpha value is -1.80. The number of halogens is 3. The molecular weight excluding hydrogens is 433 g/mol. The van der Waals surface area contributed by atoms with Crippen LogP contribution in [0.4, 0.5) is 13.2 Å². The van der Waals surface area contributed by atoms with Gasteiger partial charge in [0.1, 0.15) is 6.10 Å². The lowest BCUT2D eigenvalue weighted by Crippen LogP contribution is -2.43.